The maximum Gasteiger partial charge on any atom is 0.343 e. The normalized spacial score (nSPS) is 12.5. The van der Waals surface area contributed by atoms with Crippen LogP contribution in [0.3, 0.4) is 0 Å². The third-order valence-corrected chi connectivity index (χ3v) is 14.1. The summed E-state index contributed by atoms with van der Waals surface area (Å²) >= 11 is 41.8. The number of para-hydroxylation sites is 2. The molecule has 10 rings (SSSR count). The van der Waals surface area contributed by atoms with Crippen molar-refractivity contribution in [3.63, 3.8) is 0 Å². The monoisotopic (exact) mass is 1200 g/mol. The van der Waals surface area contributed by atoms with Crippen molar-refractivity contribution in [1.29, 1.82) is 0 Å². The smallest absolute Gasteiger partial charge is 0.343 e. The predicted octanol–water partition coefficient (Wildman–Crippen LogP) is 13.8. The zero-order valence-electron chi connectivity index (χ0n) is 43.0. The van der Waals surface area contributed by atoms with Crippen LogP contribution in [0.1, 0.15) is 77.0 Å². The van der Waals surface area contributed by atoms with E-state index in [4.69, 9.17) is 101 Å². The van der Waals surface area contributed by atoms with Gasteiger partial charge in [-0.2, -0.15) is 20.4 Å². The topological polar surface area (TPSA) is 194 Å². The molecular formula is C53H49Cl7N10O8. The first-order valence-electron chi connectivity index (χ1n) is 23.5. The van der Waals surface area contributed by atoms with E-state index in [9.17, 15) is 19.2 Å². The van der Waals surface area contributed by atoms with Gasteiger partial charge in [0.15, 0.2) is 12.6 Å². The lowest BCUT2D eigenvalue weighted by atomic mass is 10.1. The molecule has 1 fully saturated rings. The largest absolute Gasteiger partial charge is 0.477 e. The van der Waals surface area contributed by atoms with Crippen LogP contribution in [0.4, 0.5) is 11.4 Å². The van der Waals surface area contributed by atoms with Gasteiger partial charge in [-0.15, -0.1) is 0 Å². The third-order valence-electron chi connectivity index (χ3n) is 12.0. The number of hydrogen-bond donors (Lipinski definition) is 1. The zero-order chi connectivity index (χ0) is 56.9. The van der Waals surface area contributed by atoms with Crippen LogP contribution in [0.15, 0.2) is 78.9 Å². The molecule has 1 saturated carbocycles. The summed E-state index contributed by atoms with van der Waals surface area (Å²) in [6.45, 7) is 8.30. The summed E-state index contributed by atoms with van der Waals surface area (Å²) in [5.74, 6) is 0.579. The third kappa shape index (κ3) is 13.4. The summed E-state index contributed by atoms with van der Waals surface area (Å²) in [6.07, 6.45) is 3.84. The lowest BCUT2D eigenvalue weighted by molar-refractivity contribution is 0.0692. The molecule has 8 aromatic rings. The number of carboxylic acid groups (broad SMARTS) is 1. The highest BCUT2D eigenvalue weighted by molar-refractivity contribution is 6.35. The van der Waals surface area contributed by atoms with E-state index in [1.807, 2.05) is 30.0 Å². The Morgan fingerprint density at radius 1 is 0.538 bits per heavy atom. The number of carboxylic acids is 1. The molecule has 25 heteroatoms. The average molecular weight is 1200 g/mol. The lowest BCUT2D eigenvalue weighted by Crippen LogP contribution is -2.45. The Hall–Kier alpha value is -6.77. The molecule has 1 amide bonds. The number of rotatable bonds is 11. The van der Waals surface area contributed by atoms with E-state index in [0.29, 0.717) is 123 Å². The van der Waals surface area contributed by atoms with Gasteiger partial charge in [-0.1, -0.05) is 93.3 Å². The van der Waals surface area contributed by atoms with Gasteiger partial charge >= 0.3 is 5.97 Å². The summed E-state index contributed by atoms with van der Waals surface area (Å²) in [7, 11) is 6.72. The van der Waals surface area contributed by atoms with Gasteiger partial charge in [0.05, 0.1) is 60.3 Å². The summed E-state index contributed by atoms with van der Waals surface area (Å²) in [5.41, 5.74) is 5.55. The van der Waals surface area contributed by atoms with E-state index in [1.165, 1.54) is 33.0 Å². The minimum absolute atomic E-state index is 0.00135. The number of aryl methyl sites for hydroxylation is 8. The molecule has 4 aromatic heterocycles. The van der Waals surface area contributed by atoms with Crippen LogP contribution in [0.25, 0.3) is 0 Å². The second-order valence-electron chi connectivity index (χ2n) is 17.6. The minimum Gasteiger partial charge on any atom is -0.477 e. The molecule has 1 aliphatic heterocycles. The molecule has 408 valence electrons. The van der Waals surface area contributed by atoms with E-state index in [1.54, 1.807) is 102 Å². The van der Waals surface area contributed by atoms with Crippen molar-refractivity contribution < 1.29 is 38.5 Å². The molecule has 0 unspecified atom stereocenters. The van der Waals surface area contributed by atoms with Crippen LogP contribution in [-0.4, -0.2) is 87.8 Å². The fraction of sp³-hybridized carbons (Fsp3) is 0.245. The van der Waals surface area contributed by atoms with Crippen molar-refractivity contribution in [2.24, 2.45) is 28.2 Å². The van der Waals surface area contributed by atoms with Crippen molar-refractivity contribution in [3.8, 4) is 34.9 Å². The highest BCUT2D eigenvalue weighted by Gasteiger charge is 2.37. The number of aromatic nitrogens is 8. The van der Waals surface area contributed by atoms with Crippen LogP contribution in [0.2, 0.25) is 35.3 Å². The highest BCUT2D eigenvalue weighted by Crippen LogP contribution is 2.42. The van der Waals surface area contributed by atoms with E-state index >= 15 is 0 Å². The summed E-state index contributed by atoms with van der Waals surface area (Å²) < 4.78 is 23.1. The Kier molecular flexibility index (Phi) is 19.1. The molecule has 0 spiro atoms. The molecule has 2 aliphatic rings. The van der Waals surface area contributed by atoms with Crippen molar-refractivity contribution >= 4 is 117 Å². The maximum absolute atomic E-state index is 13.8. The quantitative estimate of drug-likeness (QED) is 0.120. The predicted molar refractivity (Wildman–Crippen MR) is 303 cm³/mol. The standard InChI is InChI=1S/C23H22Cl2N4O2.C12H10Cl2N2O3.C12H10Cl2N2O2.C6H7ClN2O/c1-14-21(23(27(2)26-14)31-20-13-15(24)7-10-17(20)25)22(30)29-12-11-28(16-8-9-16)18-5-3-4-6-19(18)29;1-6-10(12(17)18)11(16(2)15-6)19-9-5-7(13)3-4-8(9)14;1-7-9(6-17)12(16(2)15-7)18-11-5-8(13)3-4-10(11)14;1-4-5(3-10)6(7)9(2)8-4/h3-7,10,13,16H,8-9,11-12H2,1-2H3;3-5H,1-2H3,(H,17,18);3-6H,1-2H3;3H,1-2H3. The van der Waals surface area contributed by atoms with Gasteiger partial charge < -0.3 is 29.1 Å². The molecule has 5 heterocycles. The number of amides is 1. The van der Waals surface area contributed by atoms with Crippen molar-refractivity contribution in [2.75, 3.05) is 22.9 Å². The fourth-order valence-corrected chi connectivity index (χ4v) is 9.34. The van der Waals surface area contributed by atoms with E-state index < -0.39 is 5.97 Å². The van der Waals surface area contributed by atoms with Crippen molar-refractivity contribution in [1.82, 2.24) is 39.1 Å². The van der Waals surface area contributed by atoms with Crippen LogP contribution in [-0.2, 0) is 28.2 Å². The number of anilines is 2. The first kappa shape index (κ1) is 58.9. The summed E-state index contributed by atoms with van der Waals surface area (Å²) in [5, 5.41) is 28.7. The van der Waals surface area contributed by atoms with Crippen molar-refractivity contribution in [3.05, 3.63) is 159 Å². The number of fused-ring (bicyclic) bond motifs is 1. The van der Waals surface area contributed by atoms with Gasteiger partial charge in [0.2, 0.25) is 17.6 Å². The SMILES string of the molecule is Cc1nn(C)c(Cl)c1C=O.Cc1nn(C)c(Oc2cc(Cl)ccc2Cl)c1C(=O)N1CCN(C2CC2)c2ccccc21.Cc1nn(C)c(Oc2cc(Cl)ccc2Cl)c1C(=O)O.Cc1nn(C)c(Oc2cc(Cl)ccc2Cl)c1C=O. The van der Waals surface area contributed by atoms with Gasteiger partial charge in [0, 0.05) is 80.6 Å². The number of aldehydes is 2. The molecule has 0 radical (unpaired) electrons. The van der Waals surface area contributed by atoms with Gasteiger partial charge in [-0.05, 0) is 89.1 Å². The van der Waals surface area contributed by atoms with E-state index in [2.05, 4.69) is 31.4 Å². The molecule has 18 nitrogen and oxygen atoms in total. The van der Waals surface area contributed by atoms with Gasteiger partial charge in [-0.25, -0.2) is 18.8 Å². The van der Waals surface area contributed by atoms with Gasteiger partial charge in [0.1, 0.15) is 33.5 Å². The molecule has 0 atom stereocenters. The Morgan fingerprint density at radius 3 is 1.38 bits per heavy atom. The Bertz CT molecular complexity index is 3570. The number of aromatic carboxylic acids is 1. The summed E-state index contributed by atoms with van der Waals surface area (Å²) in [4.78, 5) is 50.5. The van der Waals surface area contributed by atoms with Crippen LogP contribution >= 0.6 is 81.2 Å². The maximum atomic E-state index is 13.8. The molecule has 0 saturated heterocycles. The Labute approximate surface area is 483 Å². The fourth-order valence-electron chi connectivity index (χ4n) is 8.16. The number of nitrogens with zero attached hydrogens (tertiary/aromatic N) is 10. The van der Waals surface area contributed by atoms with E-state index in [-0.39, 0.29) is 23.1 Å². The van der Waals surface area contributed by atoms with Crippen LogP contribution in [0, 0.1) is 27.7 Å². The average Bonchev–Trinajstić information content (AvgIpc) is 4.12. The number of benzene rings is 4. The molecular weight excluding hydrogens is 1150 g/mol. The van der Waals surface area contributed by atoms with Gasteiger partial charge in [0.25, 0.3) is 5.91 Å². The number of halogens is 7. The van der Waals surface area contributed by atoms with E-state index in [0.717, 1.165) is 17.9 Å². The first-order valence-corrected chi connectivity index (χ1v) is 26.2. The number of carbonyl (C=O) groups is 4. The molecule has 1 N–H and O–H groups in total. The highest BCUT2D eigenvalue weighted by atomic mass is 35.5. The van der Waals surface area contributed by atoms with Gasteiger partial charge in [-0.3, -0.25) is 19.1 Å². The zero-order valence-corrected chi connectivity index (χ0v) is 48.3. The van der Waals surface area contributed by atoms with Crippen molar-refractivity contribution in [2.45, 2.75) is 46.6 Å². The molecule has 1 aliphatic carbocycles. The second-order valence-corrected chi connectivity index (χ2v) is 20.4. The number of hydrogen-bond acceptors (Lipinski definition) is 12. The second kappa shape index (κ2) is 25.4. The molecule has 4 aromatic carbocycles. The molecule has 0 bridgehead atoms. The molecule has 78 heavy (non-hydrogen) atoms. The van der Waals surface area contributed by atoms with Crippen LogP contribution in [0.5, 0.6) is 34.9 Å². The lowest BCUT2D eigenvalue weighted by Gasteiger charge is -2.38. The Morgan fingerprint density at radius 2 is 0.949 bits per heavy atom. The summed E-state index contributed by atoms with van der Waals surface area (Å²) in [6, 6.07) is 23.2. The Balaban J connectivity index is 0.000000162. The number of carbonyl (C=O) groups excluding carboxylic acids is 3. The van der Waals surface area contributed by atoms with Crippen LogP contribution < -0.4 is 24.0 Å². The minimum atomic E-state index is -1.11. The number of ether oxygens (including phenoxy) is 3. The first-order chi connectivity index (χ1) is 37.0.